The Morgan fingerprint density at radius 2 is 2.00 bits per heavy atom. The molecule has 0 aromatic rings. The summed E-state index contributed by atoms with van der Waals surface area (Å²) in [5.74, 6) is 0. The molecule has 0 radical (unpaired) electrons. The summed E-state index contributed by atoms with van der Waals surface area (Å²) in [6.45, 7) is 13.5. The van der Waals surface area contributed by atoms with Crippen LogP contribution in [-0.2, 0) is 4.74 Å². The Labute approximate surface area is 106 Å². The molecule has 1 aliphatic rings. The monoisotopic (exact) mass is 240 g/mol. The molecule has 0 spiro atoms. The van der Waals surface area contributed by atoms with E-state index in [9.17, 15) is 0 Å². The van der Waals surface area contributed by atoms with Crippen LogP contribution in [0.3, 0.4) is 0 Å². The number of nitrogens with one attached hydrogen (secondary N) is 1. The summed E-state index contributed by atoms with van der Waals surface area (Å²) in [5.41, 5.74) is 0.179. The molecular weight excluding hydrogens is 212 g/mol. The van der Waals surface area contributed by atoms with Gasteiger partial charge in [0.05, 0.1) is 12.2 Å². The molecule has 2 atom stereocenters. The fourth-order valence-corrected chi connectivity index (χ4v) is 2.32. The fourth-order valence-electron chi connectivity index (χ4n) is 2.32. The molecule has 1 saturated heterocycles. The van der Waals surface area contributed by atoms with Crippen molar-refractivity contribution in [3.8, 4) is 0 Å². The molecule has 1 fully saturated rings. The lowest BCUT2D eigenvalue weighted by Gasteiger charge is -2.36. The number of nitrogens with zero attached hydrogens (tertiary/aromatic N) is 1. The van der Waals surface area contributed by atoms with Crippen LogP contribution < -0.4 is 5.32 Å². The molecule has 17 heavy (non-hydrogen) atoms. The first-order valence-electron chi connectivity index (χ1n) is 6.63. The summed E-state index contributed by atoms with van der Waals surface area (Å²) in [7, 11) is 1.98. The minimum absolute atomic E-state index is 0.179. The van der Waals surface area contributed by atoms with Gasteiger partial charge in [-0.1, -0.05) is 6.08 Å². The predicted octanol–water partition coefficient (Wildman–Crippen LogP) is 2.04. The summed E-state index contributed by atoms with van der Waals surface area (Å²) in [6, 6.07) is 0. The lowest BCUT2D eigenvalue weighted by atomic mass is 10.0. The van der Waals surface area contributed by atoms with Gasteiger partial charge in [-0.05, 0) is 40.7 Å². The Kier molecular flexibility index (Phi) is 5.63. The van der Waals surface area contributed by atoms with Crippen LogP contribution in [0, 0.1) is 0 Å². The maximum Gasteiger partial charge on any atom is 0.0707 e. The quantitative estimate of drug-likeness (QED) is 0.719. The Morgan fingerprint density at radius 1 is 1.35 bits per heavy atom. The van der Waals surface area contributed by atoms with Gasteiger partial charge in [0, 0.05) is 25.2 Å². The van der Waals surface area contributed by atoms with Crippen molar-refractivity contribution in [2.75, 3.05) is 26.7 Å². The maximum atomic E-state index is 6.04. The van der Waals surface area contributed by atoms with Gasteiger partial charge >= 0.3 is 0 Å². The van der Waals surface area contributed by atoms with E-state index in [-0.39, 0.29) is 5.54 Å². The zero-order valence-electron chi connectivity index (χ0n) is 11.8. The number of hydrogen-bond donors (Lipinski definition) is 1. The van der Waals surface area contributed by atoms with Crippen molar-refractivity contribution in [1.82, 2.24) is 10.2 Å². The van der Waals surface area contributed by atoms with Crippen molar-refractivity contribution in [3.63, 3.8) is 0 Å². The molecule has 2 unspecified atom stereocenters. The van der Waals surface area contributed by atoms with Crippen molar-refractivity contribution in [2.45, 2.75) is 51.4 Å². The van der Waals surface area contributed by atoms with Gasteiger partial charge in [0.15, 0.2) is 0 Å². The van der Waals surface area contributed by atoms with Crippen LogP contribution in [0.1, 0.15) is 33.6 Å². The Hall–Kier alpha value is -0.380. The van der Waals surface area contributed by atoms with Crippen molar-refractivity contribution in [1.29, 1.82) is 0 Å². The smallest absolute Gasteiger partial charge is 0.0707 e. The molecule has 3 heteroatoms. The van der Waals surface area contributed by atoms with Crippen LogP contribution in [0.5, 0.6) is 0 Å². The summed E-state index contributed by atoms with van der Waals surface area (Å²) < 4.78 is 6.04. The van der Waals surface area contributed by atoms with E-state index in [0.29, 0.717) is 12.2 Å². The van der Waals surface area contributed by atoms with E-state index in [0.717, 1.165) is 19.6 Å². The Balaban J connectivity index is 2.43. The summed E-state index contributed by atoms with van der Waals surface area (Å²) >= 11 is 0. The van der Waals surface area contributed by atoms with E-state index < -0.39 is 0 Å². The zero-order valence-corrected chi connectivity index (χ0v) is 11.8. The number of rotatable bonds is 6. The van der Waals surface area contributed by atoms with Crippen LogP contribution in [0.15, 0.2) is 12.7 Å². The van der Waals surface area contributed by atoms with Gasteiger partial charge in [0.2, 0.25) is 0 Å². The first kappa shape index (κ1) is 14.7. The van der Waals surface area contributed by atoms with Gasteiger partial charge in [-0.15, -0.1) is 6.58 Å². The summed E-state index contributed by atoms with van der Waals surface area (Å²) in [4.78, 5) is 2.44. The molecule has 0 amide bonds. The molecule has 1 N–H and O–H groups in total. The largest absolute Gasteiger partial charge is 0.372 e. The highest BCUT2D eigenvalue weighted by molar-refractivity contribution is 4.86. The van der Waals surface area contributed by atoms with Crippen LogP contribution in [0.4, 0.5) is 0 Å². The third-order valence-electron chi connectivity index (χ3n) is 3.35. The lowest BCUT2D eigenvalue weighted by Crippen LogP contribution is -2.45. The van der Waals surface area contributed by atoms with Gasteiger partial charge in [-0.3, -0.25) is 4.90 Å². The topological polar surface area (TPSA) is 24.5 Å². The highest BCUT2D eigenvalue weighted by atomic mass is 16.5. The highest BCUT2D eigenvalue weighted by Crippen LogP contribution is 2.23. The molecule has 100 valence electrons. The second-order valence-corrected chi connectivity index (χ2v) is 5.88. The van der Waals surface area contributed by atoms with Crippen LogP contribution >= 0.6 is 0 Å². The molecule has 0 aliphatic carbocycles. The Bertz CT molecular complexity index is 235. The minimum atomic E-state index is 0.179. The Morgan fingerprint density at radius 3 is 2.53 bits per heavy atom. The average Bonchev–Trinajstić information content (AvgIpc) is 2.64. The molecule has 1 rings (SSSR count). The van der Waals surface area contributed by atoms with Crippen LogP contribution in [0.2, 0.25) is 0 Å². The molecule has 1 aliphatic heterocycles. The molecule has 3 nitrogen and oxygen atoms in total. The van der Waals surface area contributed by atoms with Crippen LogP contribution in [0.25, 0.3) is 0 Å². The predicted molar refractivity (Wildman–Crippen MR) is 73.3 cm³/mol. The van der Waals surface area contributed by atoms with E-state index >= 15 is 0 Å². The van der Waals surface area contributed by atoms with Gasteiger partial charge in [-0.2, -0.15) is 0 Å². The molecular formula is C14H28N2O. The summed E-state index contributed by atoms with van der Waals surface area (Å²) in [5, 5.41) is 3.18. The fraction of sp³-hybridized carbons (Fsp3) is 0.857. The van der Waals surface area contributed by atoms with Crippen molar-refractivity contribution in [3.05, 3.63) is 12.7 Å². The normalized spacial score (nSPS) is 25.5. The van der Waals surface area contributed by atoms with Crippen molar-refractivity contribution >= 4 is 0 Å². The molecule has 1 heterocycles. The molecule has 0 saturated carbocycles. The molecule has 0 aromatic heterocycles. The zero-order chi connectivity index (χ0) is 12.9. The van der Waals surface area contributed by atoms with Gasteiger partial charge in [0.25, 0.3) is 0 Å². The van der Waals surface area contributed by atoms with E-state index in [4.69, 9.17) is 4.74 Å². The number of ether oxygens (including phenoxy) is 1. The number of likely N-dealkylation sites (N-methyl/N-ethyl adjacent to an activating group) is 1. The van der Waals surface area contributed by atoms with Gasteiger partial charge in [0.1, 0.15) is 0 Å². The summed E-state index contributed by atoms with van der Waals surface area (Å²) in [6.07, 6.45) is 5.11. The molecule has 0 bridgehead atoms. The maximum absolute atomic E-state index is 6.04. The van der Waals surface area contributed by atoms with Crippen molar-refractivity contribution in [2.24, 2.45) is 0 Å². The standard InChI is InChI=1S/C14H28N2O/c1-6-9-16(14(2,3)4)11-13-8-7-12(17-13)10-15-5/h6,12-13,15H,1,7-11H2,2-5H3. The minimum Gasteiger partial charge on any atom is -0.372 e. The van der Waals surface area contributed by atoms with E-state index in [1.807, 2.05) is 13.1 Å². The van der Waals surface area contributed by atoms with Crippen LogP contribution in [-0.4, -0.2) is 49.3 Å². The van der Waals surface area contributed by atoms with Gasteiger partial charge < -0.3 is 10.1 Å². The highest BCUT2D eigenvalue weighted by Gasteiger charge is 2.29. The van der Waals surface area contributed by atoms with E-state index in [1.165, 1.54) is 12.8 Å². The first-order valence-corrected chi connectivity index (χ1v) is 6.63. The SMILES string of the molecule is C=CCN(CC1CCC(CNC)O1)C(C)(C)C. The second kappa shape index (κ2) is 6.53. The van der Waals surface area contributed by atoms with E-state index in [1.54, 1.807) is 0 Å². The third-order valence-corrected chi connectivity index (χ3v) is 3.35. The van der Waals surface area contributed by atoms with Crippen molar-refractivity contribution < 1.29 is 4.74 Å². The second-order valence-electron chi connectivity index (χ2n) is 5.88. The first-order chi connectivity index (χ1) is 7.97. The number of hydrogen-bond acceptors (Lipinski definition) is 3. The van der Waals surface area contributed by atoms with Gasteiger partial charge in [-0.25, -0.2) is 0 Å². The average molecular weight is 240 g/mol. The lowest BCUT2D eigenvalue weighted by molar-refractivity contribution is 0.00750. The van der Waals surface area contributed by atoms with E-state index in [2.05, 4.69) is 37.6 Å². The molecule has 0 aromatic carbocycles. The third kappa shape index (κ3) is 4.78.